The first-order valence-corrected chi connectivity index (χ1v) is 9.64. The van der Waals surface area contributed by atoms with Gasteiger partial charge in [-0.3, -0.25) is 14.6 Å². The van der Waals surface area contributed by atoms with Gasteiger partial charge >= 0.3 is 11.9 Å². The highest BCUT2D eigenvalue weighted by Crippen LogP contribution is 2.31. The molecular formula is C20H23N5O5. The predicted molar refractivity (Wildman–Crippen MR) is 106 cm³/mol. The van der Waals surface area contributed by atoms with E-state index in [0.717, 1.165) is 16.8 Å². The summed E-state index contributed by atoms with van der Waals surface area (Å²) in [6.45, 7) is 5.04. The third kappa shape index (κ3) is 3.66. The van der Waals surface area contributed by atoms with Crippen LogP contribution in [0, 0.1) is 6.92 Å². The van der Waals surface area contributed by atoms with Crippen LogP contribution >= 0.6 is 0 Å². The van der Waals surface area contributed by atoms with Gasteiger partial charge in [0.25, 0.3) is 0 Å². The van der Waals surface area contributed by atoms with Crippen molar-refractivity contribution in [1.82, 2.24) is 24.7 Å². The first-order valence-electron chi connectivity index (χ1n) is 9.64. The molecule has 2 N–H and O–H groups in total. The molecule has 0 radical (unpaired) electrons. The number of fused-ring (bicyclic) bond motifs is 1. The Kier molecular flexibility index (Phi) is 5.27. The Morgan fingerprint density at radius 2 is 1.90 bits per heavy atom. The monoisotopic (exact) mass is 413 g/mol. The van der Waals surface area contributed by atoms with Gasteiger partial charge in [-0.15, -0.1) is 0 Å². The van der Waals surface area contributed by atoms with Crippen molar-refractivity contribution >= 4 is 22.8 Å². The van der Waals surface area contributed by atoms with Crippen molar-refractivity contribution in [1.29, 1.82) is 0 Å². The van der Waals surface area contributed by atoms with Crippen LogP contribution in [-0.2, 0) is 18.4 Å². The van der Waals surface area contributed by atoms with Crippen molar-refractivity contribution in [3.05, 3.63) is 46.9 Å². The van der Waals surface area contributed by atoms with Crippen LogP contribution in [0.1, 0.15) is 33.4 Å². The Labute approximate surface area is 172 Å². The van der Waals surface area contributed by atoms with Gasteiger partial charge in [-0.05, 0) is 19.1 Å². The maximum Gasteiger partial charge on any atom is 0.335 e. The SMILES string of the molecule is Cc1nonc1CN1CCN([C@@H](C(=O)O)c2cn(C)c3cc(C(=O)O)ccc23)CC1. The van der Waals surface area contributed by atoms with Crippen LogP contribution < -0.4 is 0 Å². The number of hydrogen-bond acceptors (Lipinski definition) is 7. The number of aromatic carboxylic acids is 1. The summed E-state index contributed by atoms with van der Waals surface area (Å²) in [5, 5.41) is 27.7. The fourth-order valence-electron chi connectivity index (χ4n) is 4.04. The topological polar surface area (TPSA) is 125 Å². The van der Waals surface area contributed by atoms with Gasteiger partial charge in [0.1, 0.15) is 17.4 Å². The highest BCUT2D eigenvalue weighted by molar-refractivity contribution is 5.96. The van der Waals surface area contributed by atoms with E-state index in [2.05, 4.69) is 15.2 Å². The molecular weight excluding hydrogens is 390 g/mol. The number of aryl methyl sites for hydroxylation is 2. The maximum absolute atomic E-state index is 12.2. The fraction of sp³-hybridized carbons (Fsp3) is 0.400. The Bertz CT molecular complexity index is 1100. The standard InChI is InChI=1S/C20H23N5O5/c1-12-16(22-30-21-12)11-24-5-7-25(8-6-24)18(20(28)29)15-10-23(2)17-9-13(19(26)27)3-4-14(15)17/h3-4,9-10,18H,5-8,11H2,1-2H3,(H,26,27)(H,28,29)/t18-/m1/s1. The van der Waals surface area contributed by atoms with Crippen molar-refractivity contribution < 1.29 is 24.4 Å². The molecule has 1 saturated heterocycles. The van der Waals surface area contributed by atoms with E-state index in [-0.39, 0.29) is 5.56 Å². The number of carboxylic acids is 2. The molecule has 158 valence electrons. The van der Waals surface area contributed by atoms with Crippen molar-refractivity contribution in [2.24, 2.45) is 7.05 Å². The highest BCUT2D eigenvalue weighted by Gasteiger charge is 2.33. The fourth-order valence-corrected chi connectivity index (χ4v) is 4.04. The summed E-state index contributed by atoms with van der Waals surface area (Å²) in [5.74, 6) is -1.93. The molecule has 1 aliphatic rings. The van der Waals surface area contributed by atoms with Crippen LogP contribution in [0.5, 0.6) is 0 Å². The number of nitrogens with zero attached hydrogens (tertiary/aromatic N) is 5. The molecule has 10 nitrogen and oxygen atoms in total. The highest BCUT2D eigenvalue weighted by atomic mass is 16.6. The number of carboxylic acid groups (broad SMARTS) is 2. The lowest BCUT2D eigenvalue weighted by molar-refractivity contribution is -0.144. The molecule has 2 aromatic heterocycles. The minimum atomic E-state index is -1.01. The molecule has 3 heterocycles. The number of carbonyl (C=O) groups is 2. The lowest BCUT2D eigenvalue weighted by atomic mass is 10.0. The van der Waals surface area contributed by atoms with E-state index >= 15 is 0 Å². The summed E-state index contributed by atoms with van der Waals surface area (Å²) in [7, 11) is 1.79. The van der Waals surface area contributed by atoms with E-state index in [4.69, 9.17) is 4.63 Å². The van der Waals surface area contributed by atoms with Gasteiger partial charge in [0, 0.05) is 62.4 Å². The number of piperazine rings is 1. The van der Waals surface area contributed by atoms with Crippen LogP contribution in [0.4, 0.5) is 0 Å². The van der Waals surface area contributed by atoms with E-state index < -0.39 is 18.0 Å². The Morgan fingerprint density at radius 3 is 2.50 bits per heavy atom. The molecule has 0 unspecified atom stereocenters. The van der Waals surface area contributed by atoms with Crippen LogP contribution in [0.3, 0.4) is 0 Å². The van der Waals surface area contributed by atoms with Gasteiger partial charge in [-0.25, -0.2) is 9.42 Å². The minimum absolute atomic E-state index is 0.174. The number of hydrogen-bond donors (Lipinski definition) is 2. The summed E-state index contributed by atoms with van der Waals surface area (Å²) in [6.07, 6.45) is 1.78. The Morgan fingerprint density at radius 1 is 1.17 bits per heavy atom. The van der Waals surface area contributed by atoms with Crippen LogP contribution in [0.15, 0.2) is 29.0 Å². The Balaban J connectivity index is 1.56. The third-order valence-corrected chi connectivity index (χ3v) is 5.69. The van der Waals surface area contributed by atoms with E-state index in [1.807, 2.05) is 11.8 Å². The van der Waals surface area contributed by atoms with E-state index in [0.29, 0.717) is 43.8 Å². The number of rotatable bonds is 6. The van der Waals surface area contributed by atoms with Crippen molar-refractivity contribution in [3.63, 3.8) is 0 Å². The summed E-state index contributed by atoms with van der Waals surface area (Å²) in [4.78, 5) is 27.7. The van der Waals surface area contributed by atoms with Gasteiger partial charge in [-0.2, -0.15) is 0 Å². The summed E-state index contributed by atoms with van der Waals surface area (Å²) < 4.78 is 6.53. The van der Waals surface area contributed by atoms with Crippen LogP contribution in [0.2, 0.25) is 0 Å². The molecule has 1 aromatic carbocycles. The molecule has 10 heteroatoms. The van der Waals surface area contributed by atoms with Gasteiger partial charge < -0.3 is 14.8 Å². The second-order valence-corrected chi connectivity index (χ2v) is 7.58. The number of benzene rings is 1. The predicted octanol–water partition coefficient (Wildman–Crippen LogP) is 1.51. The second-order valence-electron chi connectivity index (χ2n) is 7.58. The zero-order valence-corrected chi connectivity index (χ0v) is 16.8. The minimum Gasteiger partial charge on any atom is -0.480 e. The molecule has 0 aliphatic carbocycles. The lowest BCUT2D eigenvalue weighted by Gasteiger charge is -2.37. The summed E-state index contributed by atoms with van der Waals surface area (Å²) in [5.41, 5.74) is 3.10. The van der Waals surface area contributed by atoms with Gasteiger partial charge in [-0.1, -0.05) is 16.4 Å². The Hall–Kier alpha value is -3.24. The number of aliphatic carboxylic acids is 1. The summed E-state index contributed by atoms with van der Waals surface area (Å²) in [6, 6.07) is 3.98. The zero-order chi connectivity index (χ0) is 21.4. The van der Waals surface area contributed by atoms with E-state index in [1.165, 1.54) is 6.07 Å². The van der Waals surface area contributed by atoms with Crippen molar-refractivity contribution in [3.8, 4) is 0 Å². The number of aromatic nitrogens is 3. The molecule has 0 spiro atoms. The lowest BCUT2D eigenvalue weighted by Crippen LogP contribution is -2.48. The third-order valence-electron chi connectivity index (χ3n) is 5.69. The average Bonchev–Trinajstić information content (AvgIpc) is 3.26. The molecule has 1 fully saturated rings. The molecule has 1 aliphatic heterocycles. The molecule has 4 rings (SSSR count). The van der Waals surface area contributed by atoms with Crippen molar-refractivity contribution in [2.75, 3.05) is 26.2 Å². The second kappa shape index (κ2) is 7.88. The quantitative estimate of drug-likeness (QED) is 0.618. The van der Waals surface area contributed by atoms with E-state index in [9.17, 15) is 19.8 Å². The summed E-state index contributed by atoms with van der Waals surface area (Å²) >= 11 is 0. The van der Waals surface area contributed by atoms with Crippen molar-refractivity contribution in [2.45, 2.75) is 19.5 Å². The van der Waals surface area contributed by atoms with Gasteiger partial charge in [0.15, 0.2) is 0 Å². The largest absolute Gasteiger partial charge is 0.480 e. The molecule has 0 saturated carbocycles. The first kappa shape index (κ1) is 20.0. The normalized spacial score (nSPS) is 16.7. The van der Waals surface area contributed by atoms with Gasteiger partial charge in [0.2, 0.25) is 0 Å². The molecule has 1 atom stereocenters. The first-order chi connectivity index (χ1) is 14.3. The molecule has 3 aromatic rings. The molecule has 0 bridgehead atoms. The van der Waals surface area contributed by atoms with Crippen LogP contribution in [0.25, 0.3) is 10.9 Å². The average molecular weight is 413 g/mol. The zero-order valence-electron chi connectivity index (χ0n) is 16.8. The molecule has 30 heavy (non-hydrogen) atoms. The van der Waals surface area contributed by atoms with Crippen LogP contribution in [-0.4, -0.2) is 73.0 Å². The smallest absolute Gasteiger partial charge is 0.335 e. The maximum atomic E-state index is 12.2. The van der Waals surface area contributed by atoms with Gasteiger partial charge in [0.05, 0.1) is 5.56 Å². The molecule has 0 amide bonds. The van der Waals surface area contributed by atoms with E-state index in [1.54, 1.807) is 29.9 Å².